The largest absolute Gasteiger partial charge is 0.481 e. The van der Waals surface area contributed by atoms with Crippen molar-refractivity contribution in [3.8, 4) is 0 Å². The summed E-state index contributed by atoms with van der Waals surface area (Å²) in [6.45, 7) is 6.56. The number of hydrogen-bond acceptors (Lipinski definition) is 6. The first-order valence-corrected chi connectivity index (χ1v) is 13.4. The Morgan fingerprint density at radius 3 is 2.37 bits per heavy atom. The van der Waals surface area contributed by atoms with Crippen LogP contribution in [0.25, 0.3) is 0 Å². The molecule has 1 aliphatic heterocycles. The van der Waals surface area contributed by atoms with Gasteiger partial charge in [-0.2, -0.15) is 8.42 Å². The number of aryl methyl sites for hydroxylation is 1. The summed E-state index contributed by atoms with van der Waals surface area (Å²) in [6.07, 6.45) is 2.88. The van der Waals surface area contributed by atoms with Crippen LogP contribution >= 0.6 is 0 Å². The molecule has 0 bridgehead atoms. The molecule has 2 aromatic rings. The standard InChI is InChI=1S/C19H27NO4.C7H8O3S/c1-3-15-12-23-19(24-15)10-9-17(16(11-19)18(21)22)20-13(2)14-7-5-4-6-8-14;1-6-2-4-7(5-3-6)11(8,9)10/h4-8,13,15-17,20H,3,9-12H2,1-2H3,(H,21,22);2-5H,1H3,(H,8,9,10)/t13-,15?,16+,17-,19?;/m0./s1. The highest BCUT2D eigenvalue weighted by Crippen LogP contribution is 2.41. The first kappa shape index (κ1) is 27.3. The maximum Gasteiger partial charge on any atom is 0.308 e. The molecule has 192 valence electrons. The van der Waals surface area contributed by atoms with Gasteiger partial charge in [-0.25, -0.2) is 0 Å². The Labute approximate surface area is 207 Å². The van der Waals surface area contributed by atoms with E-state index in [-0.39, 0.29) is 23.1 Å². The molecule has 1 aliphatic carbocycles. The lowest BCUT2D eigenvalue weighted by atomic mass is 9.80. The number of carbonyl (C=O) groups is 1. The van der Waals surface area contributed by atoms with Crippen LogP contribution in [0, 0.1) is 12.8 Å². The molecule has 3 N–H and O–H groups in total. The van der Waals surface area contributed by atoms with Gasteiger partial charge in [0, 0.05) is 24.9 Å². The fraction of sp³-hybridized carbons (Fsp3) is 0.500. The molecule has 2 aliphatic rings. The highest BCUT2D eigenvalue weighted by Gasteiger charge is 2.49. The first-order valence-electron chi connectivity index (χ1n) is 11.9. The van der Waals surface area contributed by atoms with Crippen molar-refractivity contribution in [3.63, 3.8) is 0 Å². The summed E-state index contributed by atoms with van der Waals surface area (Å²) in [4.78, 5) is 11.8. The molecule has 4 rings (SSSR count). The molecular weight excluding hydrogens is 470 g/mol. The summed E-state index contributed by atoms with van der Waals surface area (Å²) in [5.74, 6) is -1.97. The van der Waals surface area contributed by atoms with Crippen molar-refractivity contribution >= 4 is 16.1 Å². The summed E-state index contributed by atoms with van der Waals surface area (Å²) in [5.41, 5.74) is 2.12. The summed E-state index contributed by atoms with van der Waals surface area (Å²) in [5, 5.41) is 13.2. The normalized spacial score (nSPS) is 27.1. The van der Waals surface area contributed by atoms with Gasteiger partial charge in [0.25, 0.3) is 10.1 Å². The lowest BCUT2D eigenvalue weighted by Gasteiger charge is -2.41. The van der Waals surface area contributed by atoms with Crippen LogP contribution in [0.5, 0.6) is 0 Å². The average Bonchev–Trinajstić information content (AvgIpc) is 3.23. The number of aliphatic carboxylic acids is 1. The summed E-state index contributed by atoms with van der Waals surface area (Å²) in [6, 6.07) is 16.1. The van der Waals surface area contributed by atoms with Gasteiger partial charge in [-0.1, -0.05) is 55.0 Å². The molecule has 35 heavy (non-hydrogen) atoms. The lowest BCUT2D eigenvalue weighted by Crippen LogP contribution is -2.51. The Morgan fingerprint density at radius 1 is 1.17 bits per heavy atom. The summed E-state index contributed by atoms with van der Waals surface area (Å²) < 4.78 is 41.5. The van der Waals surface area contributed by atoms with Crippen LogP contribution in [-0.2, 0) is 24.4 Å². The van der Waals surface area contributed by atoms with Gasteiger partial charge in [0.05, 0.1) is 23.5 Å². The molecule has 1 heterocycles. The molecule has 2 aromatic carbocycles. The minimum Gasteiger partial charge on any atom is -0.481 e. The molecule has 8 nitrogen and oxygen atoms in total. The van der Waals surface area contributed by atoms with Crippen LogP contribution in [0.4, 0.5) is 0 Å². The molecular formula is C26H35NO7S. The van der Waals surface area contributed by atoms with Crippen molar-refractivity contribution < 1.29 is 32.3 Å². The minimum absolute atomic E-state index is 0.0666. The first-order chi connectivity index (χ1) is 16.5. The fourth-order valence-electron chi connectivity index (χ4n) is 4.54. The third-order valence-electron chi connectivity index (χ3n) is 6.62. The van der Waals surface area contributed by atoms with Crippen LogP contribution in [0.15, 0.2) is 59.5 Å². The quantitative estimate of drug-likeness (QED) is 0.495. The van der Waals surface area contributed by atoms with Gasteiger partial charge in [0.15, 0.2) is 5.79 Å². The van der Waals surface area contributed by atoms with Crippen molar-refractivity contribution in [2.75, 3.05) is 6.61 Å². The van der Waals surface area contributed by atoms with Crippen LogP contribution in [0.1, 0.15) is 56.7 Å². The zero-order chi connectivity index (χ0) is 25.6. The van der Waals surface area contributed by atoms with Crippen molar-refractivity contribution in [1.82, 2.24) is 5.32 Å². The van der Waals surface area contributed by atoms with E-state index in [4.69, 9.17) is 14.0 Å². The molecule has 1 spiro atoms. The third-order valence-corrected chi connectivity index (χ3v) is 7.49. The predicted octanol–water partition coefficient (Wildman–Crippen LogP) is 4.35. The molecule has 2 unspecified atom stereocenters. The maximum absolute atomic E-state index is 11.8. The second-order valence-corrected chi connectivity index (χ2v) is 10.7. The Hall–Kier alpha value is -2.30. The Kier molecular flexibility index (Phi) is 9.06. The second-order valence-electron chi connectivity index (χ2n) is 9.25. The smallest absolute Gasteiger partial charge is 0.308 e. The van der Waals surface area contributed by atoms with E-state index in [2.05, 4.69) is 31.3 Å². The molecule has 1 saturated carbocycles. The topological polar surface area (TPSA) is 122 Å². The van der Waals surface area contributed by atoms with Gasteiger partial charge in [-0.15, -0.1) is 0 Å². The highest BCUT2D eigenvalue weighted by atomic mass is 32.2. The predicted molar refractivity (Wildman–Crippen MR) is 132 cm³/mol. The Bertz CT molecular complexity index is 1070. The number of carboxylic acid groups (broad SMARTS) is 1. The molecule has 1 saturated heterocycles. The van der Waals surface area contributed by atoms with Gasteiger partial charge in [-0.05, 0) is 44.4 Å². The van der Waals surface area contributed by atoms with Crippen LogP contribution in [-0.4, -0.2) is 48.6 Å². The van der Waals surface area contributed by atoms with Gasteiger partial charge < -0.3 is 19.9 Å². The molecule has 5 atom stereocenters. The number of nitrogens with one attached hydrogen (secondary N) is 1. The van der Waals surface area contributed by atoms with E-state index >= 15 is 0 Å². The number of benzene rings is 2. The van der Waals surface area contributed by atoms with Gasteiger partial charge >= 0.3 is 5.97 Å². The fourth-order valence-corrected chi connectivity index (χ4v) is 5.02. The van der Waals surface area contributed by atoms with Crippen molar-refractivity contribution in [1.29, 1.82) is 0 Å². The number of hydrogen-bond donors (Lipinski definition) is 3. The molecule has 0 aromatic heterocycles. The number of carboxylic acids is 1. The zero-order valence-corrected chi connectivity index (χ0v) is 21.2. The van der Waals surface area contributed by atoms with E-state index < -0.39 is 27.8 Å². The third kappa shape index (κ3) is 7.35. The zero-order valence-electron chi connectivity index (χ0n) is 20.4. The number of ether oxygens (including phenoxy) is 2. The van der Waals surface area contributed by atoms with Gasteiger partial charge in [0.1, 0.15) is 0 Å². The minimum atomic E-state index is -4.02. The van der Waals surface area contributed by atoms with E-state index in [1.54, 1.807) is 12.1 Å². The number of rotatable bonds is 6. The molecule has 2 fully saturated rings. The SMILES string of the molecule is CCC1COC2(CC[C@H](N[C@@H](C)c3ccccc3)[C@H](C(=O)O)C2)O1.Cc1ccc(S(=O)(=O)O)cc1. The monoisotopic (exact) mass is 505 g/mol. The second kappa shape index (κ2) is 11.6. The Balaban J connectivity index is 0.000000261. The summed E-state index contributed by atoms with van der Waals surface area (Å²) in [7, 11) is -4.02. The van der Waals surface area contributed by atoms with Crippen molar-refractivity contribution in [3.05, 3.63) is 65.7 Å². The van der Waals surface area contributed by atoms with Crippen LogP contribution in [0.3, 0.4) is 0 Å². The Morgan fingerprint density at radius 2 is 1.83 bits per heavy atom. The van der Waals surface area contributed by atoms with Crippen molar-refractivity contribution in [2.24, 2.45) is 5.92 Å². The van der Waals surface area contributed by atoms with Gasteiger partial charge in [-0.3, -0.25) is 9.35 Å². The summed E-state index contributed by atoms with van der Waals surface area (Å²) >= 11 is 0. The molecule has 9 heteroatoms. The van der Waals surface area contributed by atoms with Crippen molar-refractivity contribution in [2.45, 2.75) is 75.3 Å². The maximum atomic E-state index is 11.8. The van der Waals surface area contributed by atoms with Gasteiger partial charge in [0.2, 0.25) is 0 Å². The molecule has 0 radical (unpaired) electrons. The van der Waals surface area contributed by atoms with E-state index in [0.717, 1.165) is 24.8 Å². The van der Waals surface area contributed by atoms with Crippen LogP contribution < -0.4 is 5.32 Å². The van der Waals surface area contributed by atoms with Crippen LogP contribution in [0.2, 0.25) is 0 Å². The van der Waals surface area contributed by atoms with E-state index in [1.807, 2.05) is 25.1 Å². The van der Waals surface area contributed by atoms with E-state index in [9.17, 15) is 18.3 Å². The average molecular weight is 506 g/mol. The lowest BCUT2D eigenvalue weighted by molar-refractivity contribution is -0.205. The molecule has 0 amide bonds. The van der Waals surface area contributed by atoms with E-state index in [0.29, 0.717) is 13.0 Å². The van der Waals surface area contributed by atoms with E-state index in [1.165, 1.54) is 17.7 Å². The highest BCUT2D eigenvalue weighted by molar-refractivity contribution is 7.85.